The van der Waals surface area contributed by atoms with E-state index >= 15 is 0 Å². The van der Waals surface area contributed by atoms with Crippen LogP contribution < -0.4 is 10.2 Å². The molecule has 0 unspecified atom stereocenters. The number of fused-ring (bicyclic) bond motifs is 1. The lowest BCUT2D eigenvalue weighted by atomic mass is 10.2. The Bertz CT molecular complexity index is 1250. The molecule has 11 heteroatoms. The van der Waals surface area contributed by atoms with Crippen molar-refractivity contribution in [3.05, 3.63) is 53.7 Å². The summed E-state index contributed by atoms with van der Waals surface area (Å²) in [6.07, 6.45) is 3.14. The molecule has 0 amide bonds. The van der Waals surface area contributed by atoms with Crippen molar-refractivity contribution in [1.82, 2.24) is 29.8 Å². The van der Waals surface area contributed by atoms with E-state index in [2.05, 4.69) is 40.0 Å². The molecule has 1 saturated heterocycles. The number of aromatic nitrogens is 5. The SMILES string of the molecule is OCCN1CCN(c2cc(Nc3nccc4[nH]c(-c5c(F)cccc5Cl)nc34)ncn2)CC1. The van der Waals surface area contributed by atoms with Gasteiger partial charge in [0.25, 0.3) is 0 Å². The number of aliphatic hydroxyl groups excluding tert-OH is 1. The second kappa shape index (κ2) is 9.26. The molecule has 1 aromatic carbocycles. The van der Waals surface area contributed by atoms with Gasteiger partial charge in [0.15, 0.2) is 5.82 Å². The van der Waals surface area contributed by atoms with Crippen LogP contribution in [0.1, 0.15) is 0 Å². The van der Waals surface area contributed by atoms with Crippen LogP contribution in [0.4, 0.5) is 21.8 Å². The number of rotatable bonds is 6. The molecule has 0 atom stereocenters. The molecule has 0 radical (unpaired) electrons. The second-order valence-electron chi connectivity index (χ2n) is 7.68. The monoisotopic (exact) mass is 468 g/mol. The zero-order valence-electron chi connectivity index (χ0n) is 17.7. The predicted molar refractivity (Wildman–Crippen MR) is 125 cm³/mol. The fourth-order valence-electron chi connectivity index (χ4n) is 3.92. The minimum Gasteiger partial charge on any atom is -0.395 e. The molecule has 4 aromatic rings. The first kappa shape index (κ1) is 21.5. The third kappa shape index (κ3) is 4.45. The van der Waals surface area contributed by atoms with Gasteiger partial charge in [0.05, 0.1) is 22.7 Å². The zero-order chi connectivity index (χ0) is 22.8. The molecule has 170 valence electrons. The summed E-state index contributed by atoms with van der Waals surface area (Å²) in [6, 6.07) is 8.15. The fraction of sp³-hybridized carbons (Fsp3) is 0.273. The normalized spacial score (nSPS) is 14.7. The summed E-state index contributed by atoms with van der Waals surface area (Å²) in [5.41, 5.74) is 1.45. The summed E-state index contributed by atoms with van der Waals surface area (Å²) in [5.74, 6) is 1.74. The maximum Gasteiger partial charge on any atom is 0.159 e. The number of piperazine rings is 1. The maximum atomic E-state index is 14.4. The van der Waals surface area contributed by atoms with Crippen LogP contribution in [0.25, 0.3) is 22.4 Å². The molecule has 0 bridgehead atoms. The van der Waals surface area contributed by atoms with Crippen molar-refractivity contribution in [2.75, 3.05) is 49.5 Å². The van der Waals surface area contributed by atoms with Gasteiger partial charge in [-0.1, -0.05) is 17.7 Å². The lowest BCUT2D eigenvalue weighted by Crippen LogP contribution is -2.47. The van der Waals surface area contributed by atoms with Gasteiger partial charge in [-0.3, -0.25) is 4.90 Å². The van der Waals surface area contributed by atoms with E-state index in [9.17, 15) is 4.39 Å². The molecule has 3 N–H and O–H groups in total. The number of benzene rings is 1. The van der Waals surface area contributed by atoms with Gasteiger partial charge in [-0.2, -0.15) is 0 Å². The molecule has 1 fully saturated rings. The minimum absolute atomic E-state index is 0.165. The fourth-order valence-corrected chi connectivity index (χ4v) is 4.17. The summed E-state index contributed by atoms with van der Waals surface area (Å²) in [5, 5.41) is 12.6. The number of H-pyrrole nitrogens is 1. The molecule has 33 heavy (non-hydrogen) atoms. The predicted octanol–water partition coefficient (Wildman–Crippen LogP) is 3.07. The highest BCUT2D eigenvalue weighted by Gasteiger charge is 2.19. The lowest BCUT2D eigenvalue weighted by molar-refractivity contribution is 0.188. The van der Waals surface area contributed by atoms with Crippen LogP contribution in [0.2, 0.25) is 5.02 Å². The Hall–Kier alpha value is -3.34. The number of hydrogen-bond donors (Lipinski definition) is 3. The minimum atomic E-state index is -0.455. The number of nitrogens with one attached hydrogen (secondary N) is 2. The Morgan fingerprint density at radius 3 is 2.76 bits per heavy atom. The van der Waals surface area contributed by atoms with E-state index in [1.807, 2.05) is 6.07 Å². The Labute approximate surface area is 194 Å². The van der Waals surface area contributed by atoms with Gasteiger partial charge < -0.3 is 20.3 Å². The number of aromatic amines is 1. The summed E-state index contributed by atoms with van der Waals surface area (Å²) in [4.78, 5) is 25.2. The van der Waals surface area contributed by atoms with E-state index in [-0.39, 0.29) is 17.2 Å². The van der Waals surface area contributed by atoms with Crippen LogP contribution in [0.15, 0.2) is 42.9 Å². The molecular weight excluding hydrogens is 447 g/mol. The van der Waals surface area contributed by atoms with Crippen molar-refractivity contribution in [1.29, 1.82) is 0 Å². The Morgan fingerprint density at radius 2 is 1.97 bits per heavy atom. The first-order valence-electron chi connectivity index (χ1n) is 10.6. The first-order chi connectivity index (χ1) is 16.1. The summed E-state index contributed by atoms with van der Waals surface area (Å²) < 4.78 is 14.4. The summed E-state index contributed by atoms with van der Waals surface area (Å²) in [6.45, 7) is 4.21. The number of aliphatic hydroxyl groups is 1. The maximum absolute atomic E-state index is 14.4. The van der Waals surface area contributed by atoms with Crippen molar-refractivity contribution >= 4 is 40.1 Å². The van der Waals surface area contributed by atoms with Crippen LogP contribution in [0.3, 0.4) is 0 Å². The number of imidazole rings is 1. The molecule has 1 aliphatic heterocycles. The van der Waals surface area contributed by atoms with Crippen LogP contribution >= 0.6 is 11.6 Å². The molecular formula is C22H22ClFN8O. The third-order valence-corrected chi connectivity index (χ3v) is 5.93. The Kier molecular flexibility index (Phi) is 6.03. The van der Waals surface area contributed by atoms with Gasteiger partial charge >= 0.3 is 0 Å². The molecule has 0 saturated carbocycles. The van der Waals surface area contributed by atoms with Gasteiger partial charge in [0.2, 0.25) is 0 Å². The van der Waals surface area contributed by atoms with E-state index in [4.69, 9.17) is 16.7 Å². The van der Waals surface area contributed by atoms with E-state index in [1.54, 1.807) is 24.4 Å². The van der Waals surface area contributed by atoms with Crippen LogP contribution in [0.5, 0.6) is 0 Å². The van der Waals surface area contributed by atoms with E-state index in [0.29, 0.717) is 35.0 Å². The Morgan fingerprint density at radius 1 is 1.12 bits per heavy atom. The Balaban J connectivity index is 1.40. The molecule has 5 rings (SSSR count). The van der Waals surface area contributed by atoms with Crippen LogP contribution in [-0.2, 0) is 0 Å². The number of hydrogen-bond acceptors (Lipinski definition) is 8. The number of halogens is 2. The van der Waals surface area contributed by atoms with Crippen molar-refractivity contribution < 1.29 is 9.50 Å². The van der Waals surface area contributed by atoms with E-state index in [1.165, 1.54) is 12.4 Å². The zero-order valence-corrected chi connectivity index (χ0v) is 18.4. The van der Waals surface area contributed by atoms with Crippen molar-refractivity contribution in [2.45, 2.75) is 0 Å². The summed E-state index contributed by atoms with van der Waals surface area (Å²) >= 11 is 6.21. The van der Waals surface area contributed by atoms with Crippen molar-refractivity contribution in [3.63, 3.8) is 0 Å². The number of anilines is 3. The quantitative estimate of drug-likeness (QED) is 0.396. The molecule has 0 aliphatic carbocycles. The van der Waals surface area contributed by atoms with Crippen LogP contribution in [-0.4, -0.2) is 74.3 Å². The highest BCUT2D eigenvalue weighted by molar-refractivity contribution is 6.33. The number of β-amino-alcohol motifs (C(OH)–C–C–N with tert-alkyl or cyclic N) is 1. The highest BCUT2D eigenvalue weighted by atomic mass is 35.5. The van der Waals surface area contributed by atoms with Gasteiger partial charge in [-0.05, 0) is 18.2 Å². The average Bonchev–Trinajstić information content (AvgIpc) is 3.25. The first-order valence-corrected chi connectivity index (χ1v) is 11.0. The topological polar surface area (TPSA) is 106 Å². The van der Waals surface area contributed by atoms with Crippen molar-refractivity contribution in [2.24, 2.45) is 0 Å². The lowest BCUT2D eigenvalue weighted by Gasteiger charge is -2.35. The van der Waals surface area contributed by atoms with Gasteiger partial charge in [-0.25, -0.2) is 24.3 Å². The van der Waals surface area contributed by atoms with E-state index < -0.39 is 5.82 Å². The number of pyridine rings is 1. The average molecular weight is 469 g/mol. The van der Waals surface area contributed by atoms with Crippen molar-refractivity contribution in [3.8, 4) is 11.4 Å². The largest absolute Gasteiger partial charge is 0.395 e. The summed E-state index contributed by atoms with van der Waals surface area (Å²) in [7, 11) is 0. The standard InChI is InChI=1S/C22H22ClFN8O/c23-14-2-1-3-15(24)19(14)21-28-16-4-5-25-22(20(16)30-21)29-17-12-18(27-13-26-17)32-8-6-31(7-9-32)10-11-33/h1-5,12-13,33H,6-11H2,(H,28,30)(H,25,26,27,29). The number of nitrogens with zero attached hydrogens (tertiary/aromatic N) is 6. The molecule has 1 aliphatic rings. The molecule has 9 nitrogen and oxygen atoms in total. The second-order valence-corrected chi connectivity index (χ2v) is 8.08. The molecule has 3 aromatic heterocycles. The van der Waals surface area contributed by atoms with Gasteiger partial charge in [-0.15, -0.1) is 0 Å². The third-order valence-electron chi connectivity index (χ3n) is 5.61. The molecule has 4 heterocycles. The smallest absolute Gasteiger partial charge is 0.159 e. The highest BCUT2D eigenvalue weighted by Crippen LogP contribution is 2.32. The molecule has 0 spiro atoms. The van der Waals surface area contributed by atoms with E-state index in [0.717, 1.165) is 32.0 Å². The van der Waals surface area contributed by atoms with Gasteiger partial charge in [0, 0.05) is 45.0 Å². The van der Waals surface area contributed by atoms with Gasteiger partial charge in [0.1, 0.15) is 35.1 Å². The van der Waals surface area contributed by atoms with Crippen LogP contribution in [0, 0.1) is 5.82 Å².